The summed E-state index contributed by atoms with van der Waals surface area (Å²) in [5.74, 6) is 0.831. The fourth-order valence-corrected chi connectivity index (χ4v) is 1.94. The number of rotatable bonds is 4. The van der Waals surface area contributed by atoms with Gasteiger partial charge >= 0.3 is 0 Å². The molecule has 100 valence electrons. The van der Waals surface area contributed by atoms with Gasteiger partial charge in [0.05, 0.1) is 6.04 Å². The minimum Gasteiger partial charge on any atom is -0.357 e. The Hall–Kier alpha value is -1.59. The van der Waals surface area contributed by atoms with Crippen LogP contribution in [0.25, 0.3) is 0 Å². The van der Waals surface area contributed by atoms with Gasteiger partial charge in [0, 0.05) is 12.1 Å². The number of aromatic nitrogens is 3. The van der Waals surface area contributed by atoms with E-state index in [2.05, 4.69) is 25.6 Å². The summed E-state index contributed by atoms with van der Waals surface area (Å²) in [5, 5.41) is 6.81. The highest BCUT2D eigenvalue weighted by atomic mass is 35.5. The van der Waals surface area contributed by atoms with Crippen molar-refractivity contribution >= 4 is 35.1 Å². The smallest absolute Gasteiger partial charge is 0.229 e. The van der Waals surface area contributed by atoms with E-state index in [-0.39, 0.29) is 11.3 Å². The zero-order valence-electron chi connectivity index (χ0n) is 10.5. The van der Waals surface area contributed by atoms with E-state index < -0.39 is 0 Å². The van der Waals surface area contributed by atoms with Gasteiger partial charge in [-0.25, -0.2) is 0 Å². The third kappa shape index (κ3) is 3.68. The highest BCUT2D eigenvalue weighted by molar-refractivity contribution is 6.30. The highest BCUT2D eigenvalue weighted by Gasteiger charge is 2.09. The second-order valence-electron chi connectivity index (χ2n) is 3.92. The number of halogens is 2. The second-order valence-corrected chi connectivity index (χ2v) is 4.70. The monoisotopic (exact) mass is 297 g/mol. The van der Waals surface area contributed by atoms with Crippen molar-refractivity contribution in [2.45, 2.75) is 13.0 Å². The highest BCUT2D eigenvalue weighted by Crippen LogP contribution is 2.21. The molecular formula is C12H13Cl2N5. The van der Waals surface area contributed by atoms with Gasteiger partial charge in [0.25, 0.3) is 0 Å². The molecule has 1 atom stereocenters. The number of hydrogen-bond donors (Lipinski definition) is 2. The van der Waals surface area contributed by atoms with Gasteiger partial charge in [-0.2, -0.15) is 15.0 Å². The topological polar surface area (TPSA) is 62.7 Å². The summed E-state index contributed by atoms with van der Waals surface area (Å²) in [6.45, 7) is 1.99. The minimum absolute atomic E-state index is 0.00173. The van der Waals surface area contributed by atoms with Crippen molar-refractivity contribution in [2.75, 3.05) is 17.7 Å². The summed E-state index contributed by atoms with van der Waals surface area (Å²) in [6.07, 6.45) is 0. The van der Waals surface area contributed by atoms with E-state index in [1.807, 2.05) is 31.2 Å². The molecular weight excluding hydrogens is 285 g/mol. The first-order valence-corrected chi connectivity index (χ1v) is 6.45. The van der Waals surface area contributed by atoms with E-state index in [9.17, 15) is 0 Å². The minimum atomic E-state index is 0.00173. The first-order valence-electron chi connectivity index (χ1n) is 5.70. The van der Waals surface area contributed by atoms with Crippen LogP contribution in [0.3, 0.4) is 0 Å². The molecule has 0 saturated heterocycles. The van der Waals surface area contributed by atoms with E-state index >= 15 is 0 Å². The van der Waals surface area contributed by atoms with E-state index in [1.54, 1.807) is 7.05 Å². The van der Waals surface area contributed by atoms with Crippen LogP contribution in [0.5, 0.6) is 0 Å². The van der Waals surface area contributed by atoms with Crippen molar-refractivity contribution in [1.82, 2.24) is 15.0 Å². The van der Waals surface area contributed by atoms with E-state index in [0.29, 0.717) is 16.9 Å². The summed E-state index contributed by atoms with van der Waals surface area (Å²) in [6, 6.07) is 7.60. The normalized spacial score (nSPS) is 12.0. The molecule has 0 bridgehead atoms. The predicted molar refractivity (Wildman–Crippen MR) is 77.9 cm³/mol. The van der Waals surface area contributed by atoms with Crippen molar-refractivity contribution in [2.24, 2.45) is 0 Å². The molecule has 2 N–H and O–H groups in total. The van der Waals surface area contributed by atoms with Crippen molar-refractivity contribution < 1.29 is 0 Å². The van der Waals surface area contributed by atoms with Crippen LogP contribution in [0.2, 0.25) is 10.3 Å². The Morgan fingerprint density at radius 2 is 1.84 bits per heavy atom. The molecule has 0 aliphatic carbocycles. The quantitative estimate of drug-likeness (QED) is 0.906. The molecule has 5 nitrogen and oxygen atoms in total. The SMILES string of the molecule is CNc1nc(Cl)nc(NC(C)c2cccc(Cl)c2)n1. The molecule has 0 aliphatic rings. The fraction of sp³-hybridized carbons (Fsp3) is 0.250. The number of benzene rings is 1. The van der Waals surface area contributed by atoms with Crippen molar-refractivity contribution in [1.29, 1.82) is 0 Å². The van der Waals surface area contributed by atoms with Gasteiger partial charge in [0.1, 0.15) is 0 Å². The lowest BCUT2D eigenvalue weighted by Crippen LogP contribution is -2.11. The first kappa shape index (κ1) is 13.8. The Labute approximate surface area is 121 Å². The maximum atomic E-state index is 5.96. The van der Waals surface area contributed by atoms with Crippen LogP contribution in [-0.4, -0.2) is 22.0 Å². The molecule has 1 heterocycles. The number of nitrogens with one attached hydrogen (secondary N) is 2. The molecule has 0 saturated carbocycles. The van der Waals surface area contributed by atoms with E-state index in [0.717, 1.165) is 5.56 Å². The largest absolute Gasteiger partial charge is 0.357 e. The van der Waals surface area contributed by atoms with E-state index in [1.165, 1.54) is 0 Å². The molecule has 0 radical (unpaired) electrons. The molecule has 0 spiro atoms. The first-order chi connectivity index (χ1) is 9.08. The fourth-order valence-electron chi connectivity index (χ4n) is 1.58. The predicted octanol–water partition coefficient (Wildman–Crippen LogP) is 3.39. The molecule has 19 heavy (non-hydrogen) atoms. The molecule has 1 unspecified atom stereocenters. The maximum Gasteiger partial charge on any atom is 0.229 e. The second kappa shape index (κ2) is 6.04. The molecule has 0 fully saturated rings. The Bertz CT molecular complexity index is 576. The molecule has 0 aliphatic heterocycles. The molecule has 2 aromatic rings. The summed E-state index contributed by atoms with van der Waals surface area (Å²) >= 11 is 11.8. The van der Waals surface area contributed by atoms with Crippen LogP contribution < -0.4 is 10.6 Å². The summed E-state index contributed by atoms with van der Waals surface area (Å²) < 4.78 is 0. The molecule has 1 aromatic carbocycles. The lowest BCUT2D eigenvalue weighted by atomic mass is 10.1. The lowest BCUT2D eigenvalue weighted by molar-refractivity contribution is 0.854. The van der Waals surface area contributed by atoms with Crippen molar-refractivity contribution in [3.63, 3.8) is 0 Å². The Kier molecular flexibility index (Phi) is 4.39. The maximum absolute atomic E-state index is 5.96. The Morgan fingerprint density at radius 1 is 1.11 bits per heavy atom. The van der Waals surface area contributed by atoms with Crippen LogP contribution in [0.1, 0.15) is 18.5 Å². The third-order valence-electron chi connectivity index (χ3n) is 2.53. The van der Waals surface area contributed by atoms with Crippen LogP contribution in [0.4, 0.5) is 11.9 Å². The third-order valence-corrected chi connectivity index (χ3v) is 2.93. The Balaban J connectivity index is 2.18. The zero-order chi connectivity index (χ0) is 13.8. The zero-order valence-corrected chi connectivity index (χ0v) is 12.0. The van der Waals surface area contributed by atoms with Crippen molar-refractivity contribution in [3.05, 3.63) is 40.1 Å². The summed E-state index contributed by atoms with van der Waals surface area (Å²) in [4.78, 5) is 12.1. The average Bonchev–Trinajstić information content (AvgIpc) is 2.38. The molecule has 2 rings (SSSR count). The van der Waals surface area contributed by atoms with Crippen LogP contribution >= 0.6 is 23.2 Å². The Morgan fingerprint density at radius 3 is 2.53 bits per heavy atom. The van der Waals surface area contributed by atoms with Crippen LogP contribution in [0.15, 0.2) is 24.3 Å². The van der Waals surface area contributed by atoms with Crippen molar-refractivity contribution in [3.8, 4) is 0 Å². The molecule has 7 heteroatoms. The summed E-state index contributed by atoms with van der Waals surface area (Å²) in [7, 11) is 1.72. The number of anilines is 2. The van der Waals surface area contributed by atoms with Crippen LogP contribution in [-0.2, 0) is 0 Å². The number of nitrogens with zero attached hydrogens (tertiary/aromatic N) is 3. The van der Waals surface area contributed by atoms with Gasteiger partial charge in [-0.1, -0.05) is 23.7 Å². The summed E-state index contributed by atoms with van der Waals surface area (Å²) in [5.41, 5.74) is 1.04. The average molecular weight is 298 g/mol. The molecule has 0 amide bonds. The van der Waals surface area contributed by atoms with Gasteiger partial charge in [0.15, 0.2) is 0 Å². The van der Waals surface area contributed by atoms with Gasteiger partial charge in [-0.3, -0.25) is 0 Å². The lowest BCUT2D eigenvalue weighted by Gasteiger charge is -2.14. The van der Waals surface area contributed by atoms with E-state index in [4.69, 9.17) is 23.2 Å². The van der Waals surface area contributed by atoms with Crippen LogP contribution in [0, 0.1) is 0 Å². The number of hydrogen-bond acceptors (Lipinski definition) is 5. The molecule has 1 aromatic heterocycles. The van der Waals surface area contributed by atoms with Gasteiger partial charge in [0.2, 0.25) is 17.2 Å². The van der Waals surface area contributed by atoms with Gasteiger partial charge in [-0.05, 0) is 36.2 Å². The van der Waals surface area contributed by atoms with Gasteiger partial charge < -0.3 is 10.6 Å². The standard InChI is InChI=1S/C12H13Cl2N5/c1-7(8-4-3-5-9(13)6-8)16-12-18-10(14)17-11(15-2)19-12/h3-7H,1-2H3,(H2,15,16,17,18,19). The van der Waals surface area contributed by atoms with Gasteiger partial charge in [-0.15, -0.1) is 0 Å².